The van der Waals surface area contributed by atoms with E-state index in [1.807, 2.05) is 6.34 Å². The van der Waals surface area contributed by atoms with E-state index in [0.717, 1.165) is 19.4 Å². The highest BCUT2D eigenvalue weighted by Crippen LogP contribution is 2.07. The molecule has 0 saturated carbocycles. The van der Waals surface area contributed by atoms with Gasteiger partial charge in [0.15, 0.2) is 12.7 Å². The van der Waals surface area contributed by atoms with Gasteiger partial charge < -0.3 is 25.1 Å². The van der Waals surface area contributed by atoms with Gasteiger partial charge in [-0.1, -0.05) is 0 Å². The fourth-order valence-electron chi connectivity index (χ4n) is 1.19. The van der Waals surface area contributed by atoms with Crippen molar-refractivity contribution in [3.63, 3.8) is 0 Å². The van der Waals surface area contributed by atoms with Gasteiger partial charge in [0.25, 0.3) is 12.2 Å². The van der Waals surface area contributed by atoms with Gasteiger partial charge in [0.05, 0.1) is 13.1 Å². The lowest BCUT2D eigenvalue weighted by molar-refractivity contribution is -0.733. The first-order valence-corrected chi connectivity index (χ1v) is 4.73. The first-order valence-electron chi connectivity index (χ1n) is 4.73. The van der Waals surface area contributed by atoms with Crippen LogP contribution in [0.1, 0.15) is 0 Å². The average Bonchev–Trinajstić information content (AvgIpc) is 2.93. The molecule has 2 heterocycles. The minimum atomic E-state index is -1.72. The Morgan fingerprint density at radius 3 is 2.06 bits per heavy atom. The molecule has 0 aromatic rings. The summed E-state index contributed by atoms with van der Waals surface area (Å²) in [5, 5.41) is 22.7. The molecule has 2 rings (SSSR count). The van der Waals surface area contributed by atoms with Crippen molar-refractivity contribution in [1.82, 2.24) is 0 Å². The van der Waals surface area contributed by atoms with Crippen molar-refractivity contribution in [2.75, 3.05) is 26.2 Å². The molecule has 0 saturated heterocycles. The van der Waals surface area contributed by atoms with Gasteiger partial charge in [0.1, 0.15) is 13.1 Å². The van der Waals surface area contributed by atoms with Gasteiger partial charge in [0, 0.05) is 0 Å². The Morgan fingerprint density at radius 2 is 1.88 bits per heavy atom. The lowest BCUT2D eigenvalue weighted by Gasteiger charge is -2.27. The van der Waals surface area contributed by atoms with Crippen LogP contribution in [0.4, 0.5) is 9.59 Å². The molecule has 0 radical (unpaired) electrons. The third-order valence-corrected chi connectivity index (χ3v) is 2.15. The Labute approximate surface area is 91.5 Å². The second-order valence-corrected chi connectivity index (χ2v) is 3.23. The zero-order valence-corrected chi connectivity index (χ0v) is 8.54. The van der Waals surface area contributed by atoms with E-state index in [1.165, 1.54) is 0 Å². The Morgan fingerprint density at radius 1 is 1.19 bits per heavy atom. The summed E-state index contributed by atoms with van der Waals surface area (Å²) < 4.78 is -1.32. The van der Waals surface area contributed by atoms with Crippen LogP contribution in [0.5, 0.6) is 0 Å². The Bertz CT molecular complexity index is 319. The molecule has 16 heavy (non-hydrogen) atoms. The molecule has 88 valence electrons. The number of nitrogens with two attached hydrogens (primary N) is 1. The predicted molar refractivity (Wildman–Crippen MR) is 49.4 cm³/mol. The molecule has 2 amide bonds. The summed E-state index contributed by atoms with van der Waals surface area (Å²) in [5.41, 5.74) is 0. The van der Waals surface area contributed by atoms with Gasteiger partial charge in [-0.05, 0) is 0 Å². The van der Waals surface area contributed by atoms with Gasteiger partial charge in [0.2, 0.25) is 0 Å². The van der Waals surface area contributed by atoms with Crippen LogP contribution in [0.3, 0.4) is 0 Å². The lowest BCUT2D eigenvalue weighted by Crippen LogP contribution is -2.80. The fourth-order valence-corrected chi connectivity index (χ4v) is 1.19. The molecule has 8 heteroatoms. The van der Waals surface area contributed by atoms with Crippen LogP contribution < -0.4 is 15.5 Å². The molecule has 2 aliphatic heterocycles. The number of carbonyl (C=O) groups excluding carboxylic acids is 2. The topological polar surface area (TPSA) is 122 Å². The normalized spacial score (nSPS) is 20.2. The summed E-state index contributed by atoms with van der Waals surface area (Å²) in [4.78, 5) is 28.0. The van der Waals surface area contributed by atoms with Gasteiger partial charge in [-0.15, -0.1) is 0 Å². The number of rotatable bonds is 0. The minimum absolute atomic E-state index is 0.134. The first kappa shape index (κ1) is 12.3. The molecule has 0 fully saturated rings. The third kappa shape index (κ3) is 2.61. The molecule has 0 atom stereocenters. The Balaban J connectivity index is 0.000000212. The zero-order chi connectivity index (χ0) is 12.0. The molecule has 2 N–H and O–H groups in total. The number of imide groups is 1. The van der Waals surface area contributed by atoms with E-state index < -0.39 is 16.7 Å². The highest BCUT2D eigenvalue weighted by Gasteiger charge is 2.34. The van der Waals surface area contributed by atoms with Crippen molar-refractivity contribution in [2.24, 2.45) is 9.98 Å². The number of carbonyl (C=O) groups is 2. The van der Waals surface area contributed by atoms with Crippen LogP contribution in [0.25, 0.3) is 0 Å². The quantitative estimate of drug-likeness (QED) is 0.426. The average molecular weight is 228 g/mol. The standard InChI is InChI=1S/C5H6N2O4.C3H6N2/c8-4(9)7(5(10)11)2-1-6-3-7;1-2-5-3-4-1/h3H,1-2H2,(H-,8,9,10,11);3H,1-2H2,(H,4,5). The number of hydrogen-bond donors (Lipinski definition) is 1. The SMILES string of the molecule is C1=NCC[NH2+]1.O=C([O-])[N+]1(C(=O)[O-])C=NCC1. The van der Waals surface area contributed by atoms with Crippen LogP contribution in [-0.2, 0) is 0 Å². The minimum Gasteiger partial charge on any atom is -0.498 e. The summed E-state index contributed by atoms with van der Waals surface area (Å²) in [6, 6.07) is 0. The van der Waals surface area contributed by atoms with Gasteiger partial charge in [-0.2, -0.15) is 4.48 Å². The third-order valence-electron chi connectivity index (χ3n) is 2.15. The first-order chi connectivity index (χ1) is 7.59. The van der Waals surface area contributed by atoms with Crippen LogP contribution in [0, 0.1) is 0 Å². The summed E-state index contributed by atoms with van der Waals surface area (Å²) in [7, 11) is 0. The molecular weight excluding hydrogens is 216 g/mol. The maximum Gasteiger partial charge on any atom is 0.270 e. The van der Waals surface area contributed by atoms with E-state index in [0.29, 0.717) is 0 Å². The van der Waals surface area contributed by atoms with Gasteiger partial charge in [-0.25, -0.2) is 9.98 Å². The number of hydrogen-bond acceptors (Lipinski definition) is 6. The number of nitrogens with zero attached hydrogens (tertiary/aromatic N) is 3. The molecular formula is C8H12N4O4. The highest BCUT2D eigenvalue weighted by atomic mass is 16.4. The van der Waals surface area contributed by atoms with Crippen molar-refractivity contribution in [2.45, 2.75) is 0 Å². The van der Waals surface area contributed by atoms with E-state index in [-0.39, 0.29) is 13.1 Å². The molecule has 0 spiro atoms. The van der Waals surface area contributed by atoms with E-state index in [9.17, 15) is 19.8 Å². The van der Waals surface area contributed by atoms with Crippen molar-refractivity contribution in [3.8, 4) is 0 Å². The Kier molecular flexibility index (Phi) is 4.09. The summed E-state index contributed by atoms with van der Waals surface area (Å²) >= 11 is 0. The molecule has 0 unspecified atom stereocenters. The van der Waals surface area contributed by atoms with Gasteiger partial charge in [-0.3, -0.25) is 0 Å². The molecule has 0 aromatic carbocycles. The molecule has 0 bridgehead atoms. The Hall–Kier alpha value is -1.80. The maximum absolute atomic E-state index is 10.3. The van der Waals surface area contributed by atoms with E-state index in [2.05, 4.69) is 15.3 Å². The summed E-state index contributed by atoms with van der Waals surface area (Å²) in [5.74, 6) is 0. The van der Waals surface area contributed by atoms with Crippen molar-refractivity contribution in [3.05, 3.63) is 0 Å². The summed E-state index contributed by atoms with van der Waals surface area (Å²) in [6.45, 7) is 2.20. The molecule has 0 aromatic heterocycles. The van der Waals surface area contributed by atoms with Crippen molar-refractivity contribution >= 4 is 24.9 Å². The van der Waals surface area contributed by atoms with Crippen LogP contribution in [0.15, 0.2) is 9.98 Å². The maximum atomic E-state index is 10.3. The molecule has 0 aliphatic carbocycles. The fraction of sp³-hybridized carbons (Fsp3) is 0.500. The van der Waals surface area contributed by atoms with E-state index >= 15 is 0 Å². The highest BCUT2D eigenvalue weighted by molar-refractivity contribution is 5.83. The van der Waals surface area contributed by atoms with Crippen molar-refractivity contribution in [1.29, 1.82) is 0 Å². The van der Waals surface area contributed by atoms with Gasteiger partial charge >= 0.3 is 0 Å². The largest absolute Gasteiger partial charge is 0.498 e. The number of amides is 2. The van der Waals surface area contributed by atoms with E-state index in [4.69, 9.17) is 0 Å². The lowest BCUT2D eigenvalue weighted by atomic mass is 10.5. The van der Waals surface area contributed by atoms with Crippen LogP contribution >= 0.6 is 0 Å². The predicted octanol–water partition coefficient (Wildman–Crippen LogP) is -3.88. The summed E-state index contributed by atoms with van der Waals surface area (Å²) in [6.07, 6.45) is -0.762. The monoisotopic (exact) mass is 228 g/mol. The van der Waals surface area contributed by atoms with Crippen LogP contribution in [0.2, 0.25) is 0 Å². The second kappa shape index (κ2) is 5.33. The zero-order valence-electron chi connectivity index (χ0n) is 8.54. The van der Waals surface area contributed by atoms with Crippen LogP contribution in [-0.4, -0.2) is 55.5 Å². The van der Waals surface area contributed by atoms with Crippen molar-refractivity contribution < 1.29 is 29.6 Å². The smallest absolute Gasteiger partial charge is 0.270 e. The second-order valence-electron chi connectivity index (χ2n) is 3.23. The molecule has 8 nitrogen and oxygen atoms in total. The number of quaternary nitrogens is 2. The number of carboxylic acid groups (broad SMARTS) is 2. The number of aliphatic imine (C=N–C) groups is 2. The van der Waals surface area contributed by atoms with E-state index in [1.54, 1.807) is 0 Å². The molecule has 2 aliphatic rings.